The maximum absolute atomic E-state index is 12.0. The molecule has 0 radical (unpaired) electrons. The number of carbonyl (C=O) groups excluding carboxylic acids is 1. The van der Waals surface area contributed by atoms with Gasteiger partial charge in [0.05, 0.1) is 17.3 Å². The fourth-order valence-electron chi connectivity index (χ4n) is 3.92. The van der Waals surface area contributed by atoms with E-state index >= 15 is 0 Å². The highest BCUT2D eigenvalue weighted by Crippen LogP contribution is 2.37. The molecule has 2 atom stereocenters. The summed E-state index contributed by atoms with van der Waals surface area (Å²) < 4.78 is 2.20. The number of rotatable bonds is 4. The zero-order valence-corrected chi connectivity index (χ0v) is 13.6. The van der Waals surface area contributed by atoms with E-state index < -0.39 is 0 Å². The van der Waals surface area contributed by atoms with Crippen molar-refractivity contribution in [2.24, 2.45) is 11.8 Å². The van der Waals surface area contributed by atoms with Crippen molar-refractivity contribution in [1.29, 1.82) is 0 Å². The van der Waals surface area contributed by atoms with Gasteiger partial charge >= 0.3 is 0 Å². The lowest BCUT2D eigenvalue weighted by Crippen LogP contribution is -2.24. The van der Waals surface area contributed by atoms with Crippen LogP contribution < -0.4 is 0 Å². The van der Waals surface area contributed by atoms with Gasteiger partial charge in [0.25, 0.3) is 0 Å². The summed E-state index contributed by atoms with van der Waals surface area (Å²) in [5.74, 6) is 1.67. The topological polar surface area (TPSA) is 34.9 Å². The van der Waals surface area contributed by atoms with Gasteiger partial charge in [-0.15, -0.1) is 0 Å². The zero-order valence-electron chi connectivity index (χ0n) is 13.6. The summed E-state index contributed by atoms with van der Waals surface area (Å²) in [7, 11) is 0. The molecule has 2 unspecified atom stereocenters. The second-order valence-corrected chi connectivity index (χ2v) is 6.55. The van der Waals surface area contributed by atoms with E-state index in [4.69, 9.17) is 5.10 Å². The van der Waals surface area contributed by atoms with Gasteiger partial charge in [-0.3, -0.25) is 9.48 Å². The molecule has 3 heteroatoms. The maximum Gasteiger partial charge on any atom is 0.163 e. The lowest BCUT2D eigenvalue weighted by molar-refractivity contribution is 0.101. The Labute approximate surface area is 122 Å². The van der Waals surface area contributed by atoms with E-state index in [0.717, 1.165) is 41.6 Å². The van der Waals surface area contributed by atoms with Crippen molar-refractivity contribution in [3.8, 4) is 0 Å². The van der Waals surface area contributed by atoms with Gasteiger partial charge in [0, 0.05) is 5.69 Å². The predicted molar refractivity (Wildman–Crippen MR) is 82.2 cm³/mol. The predicted octanol–water partition coefficient (Wildman–Crippen LogP) is 4.21. The Morgan fingerprint density at radius 3 is 2.20 bits per heavy atom. The number of aryl methyl sites for hydroxylation is 1. The van der Waals surface area contributed by atoms with Crippen LogP contribution in [0.4, 0.5) is 0 Å². The first-order valence-electron chi connectivity index (χ1n) is 8.09. The highest BCUT2D eigenvalue weighted by atomic mass is 16.1. The molecule has 1 aromatic rings. The van der Waals surface area contributed by atoms with Gasteiger partial charge in [-0.2, -0.15) is 5.10 Å². The van der Waals surface area contributed by atoms with Crippen molar-refractivity contribution in [3.05, 3.63) is 17.0 Å². The van der Waals surface area contributed by atoms with Crippen molar-refractivity contribution in [2.45, 2.75) is 72.8 Å². The van der Waals surface area contributed by atoms with Crippen molar-refractivity contribution < 1.29 is 4.79 Å². The Balaban J connectivity index is 2.43. The summed E-state index contributed by atoms with van der Waals surface area (Å²) in [6.45, 7) is 10.6. The van der Waals surface area contributed by atoms with Crippen LogP contribution in [-0.2, 0) is 12.8 Å². The maximum atomic E-state index is 12.0. The molecule has 1 fully saturated rings. The number of nitrogens with zero attached hydrogens (tertiary/aromatic N) is 2. The van der Waals surface area contributed by atoms with Crippen molar-refractivity contribution >= 4 is 5.78 Å². The molecule has 112 valence electrons. The quantitative estimate of drug-likeness (QED) is 0.772. The van der Waals surface area contributed by atoms with E-state index in [-0.39, 0.29) is 5.78 Å². The van der Waals surface area contributed by atoms with Crippen molar-refractivity contribution in [3.63, 3.8) is 0 Å². The molecule has 0 saturated heterocycles. The normalized spacial score (nSPS) is 26.8. The van der Waals surface area contributed by atoms with Gasteiger partial charge in [-0.05, 0) is 50.9 Å². The molecule has 2 rings (SSSR count). The van der Waals surface area contributed by atoms with Crippen molar-refractivity contribution in [2.75, 3.05) is 0 Å². The summed E-state index contributed by atoms with van der Waals surface area (Å²) in [6, 6.07) is 0.474. The first-order valence-corrected chi connectivity index (χ1v) is 8.09. The van der Waals surface area contributed by atoms with Crippen LogP contribution in [0.5, 0.6) is 0 Å². The third-order valence-corrected chi connectivity index (χ3v) is 4.60. The Morgan fingerprint density at radius 1 is 1.15 bits per heavy atom. The largest absolute Gasteiger partial charge is 0.294 e. The number of hydrogen-bond donors (Lipinski definition) is 0. The minimum atomic E-state index is 0.168. The lowest BCUT2D eigenvalue weighted by atomic mass is 9.80. The Morgan fingerprint density at radius 2 is 1.75 bits per heavy atom. The highest BCUT2D eigenvalue weighted by Gasteiger charge is 2.29. The smallest absolute Gasteiger partial charge is 0.163 e. The average Bonchev–Trinajstić information content (AvgIpc) is 2.76. The van der Waals surface area contributed by atoms with Crippen LogP contribution in [0.2, 0.25) is 0 Å². The Bertz CT molecular complexity index is 479. The summed E-state index contributed by atoms with van der Waals surface area (Å²) in [6.07, 6.45) is 5.44. The Kier molecular flexibility index (Phi) is 4.66. The molecule has 0 N–H and O–H groups in total. The van der Waals surface area contributed by atoms with E-state index in [1.165, 1.54) is 19.3 Å². The molecule has 20 heavy (non-hydrogen) atoms. The number of Topliss-reactive ketones (excluding diaryl/α,β-unsaturated/α-hetero) is 1. The van der Waals surface area contributed by atoms with Gasteiger partial charge in [0.15, 0.2) is 5.78 Å². The second-order valence-electron chi connectivity index (χ2n) is 6.55. The summed E-state index contributed by atoms with van der Waals surface area (Å²) in [4.78, 5) is 12.0. The van der Waals surface area contributed by atoms with Crippen molar-refractivity contribution in [1.82, 2.24) is 9.78 Å². The summed E-state index contributed by atoms with van der Waals surface area (Å²) in [5.41, 5.74) is 3.03. The van der Waals surface area contributed by atoms with Gasteiger partial charge in [0.2, 0.25) is 0 Å². The molecular formula is C17H28N2O. The molecule has 1 saturated carbocycles. The number of ketones is 1. The highest BCUT2D eigenvalue weighted by molar-refractivity contribution is 5.96. The molecule has 0 spiro atoms. The van der Waals surface area contributed by atoms with E-state index in [0.29, 0.717) is 6.04 Å². The fourth-order valence-corrected chi connectivity index (χ4v) is 3.92. The van der Waals surface area contributed by atoms with Crippen LogP contribution >= 0.6 is 0 Å². The van der Waals surface area contributed by atoms with E-state index in [9.17, 15) is 4.79 Å². The van der Waals surface area contributed by atoms with E-state index in [1.807, 2.05) is 0 Å². The Hall–Kier alpha value is -1.12. The zero-order chi connectivity index (χ0) is 14.9. The number of hydrogen-bond acceptors (Lipinski definition) is 2. The van der Waals surface area contributed by atoms with E-state index in [2.05, 4.69) is 32.4 Å². The molecule has 1 aromatic heterocycles. The first-order chi connectivity index (χ1) is 9.47. The average molecular weight is 276 g/mol. The van der Waals surface area contributed by atoms with Gasteiger partial charge in [-0.25, -0.2) is 0 Å². The molecule has 0 amide bonds. The SMILES string of the molecule is CCc1nn(C2CC(C)CC(C)C2)c(CC)c1C(C)=O. The summed E-state index contributed by atoms with van der Waals surface area (Å²) >= 11 is 0. The molecule has 0 aromatic carbocycles. The monoisotopic (exact) mass is 276 g/mol. The minimum Gasteiger partial charge on any atom is -0.294 e. The molecular weight excluding hydrogens is 248 g/mol. The van der Waals surface area contributed by atoms with Crippen LogP contribution in [0.25, 0.3) is 0 Å². The van der Waals surface area contributed by atoms with Crippen LogP contribution in [0, 0.1) is 11.8 Å². The van der Waals surface area contributed by atoms with Crippen LogP contribution in [0.3, 0.4) is 0 Å². The molecule has 0 aliphatic heterocycles. The number of carbonyl (C=O) groups is 1. The van der Waals surface area contributed by atoms with Crippen LogP contribution in [0.15, 0.2) is 0 Å². The lowest BCUT2D eigenvalue weighted by Gasteiger charge is -2.32. The molecule has 0 bridgehead atoms. The van der Waals surface area contributed by atoms with Gasteiger partial charge in [-0.1, -0.05) is 27.7 Å². The van der Waals surface area contributed by atoms with Crippen LogP contribution in [-0.4, -0.2) is 15.6 Å². The third kappa shape index (κ3) is 2.82. The standard InChI is InChI=1S/C17H28N2O/c1-6-15-17(13(5)20)16(7-2)19(18-15)14-9-11(3)8-12(4)10-14/h11-12,14H,6-10H2,1-5H3. The fraction of sp³-hybridized carbons (Fsp3) is 0.765. The van der Waals surface area contributed by atoms with Crippen LogP contribution in [0.1, 0.15) is 81.7 Å². The van der Waals surface area contributed by atoms with E-state index in [1.54, 1.807) is 6.92 Å². The minimum absolute atomic E-state index is 0.168. The third-order valence-electron chi connectivity index (χ3n) is 4.60. The molecule has 1 aliphatic rings. The number of aromatic nitrogens is 2. The molecule has 1 heterocycles. The second kappa shape index (κ2) is 6.11. The summed E-state index contributed by atoms with van der Waals surface area (Å²) in [5, 5.41) is 4.81. The first kappa shape index (κ1) is 15.3. The van der Waals surface area contributed by atoms with Gasteiger partial charge < -0.3 is 0 Å². The molecule has 1 aliphatic carbocycles. The molecule has 3 nitrogen and oxygen atoms in total. The van der Waals surface area contributed by atoms with Gasteiger partial charge in [0.1, 0.15) is 0 Å².